The van der Waals surface area contributed by atoms with Crippen LogP contribution in [0.4, 0.5) is 0 Å². The van der Waals surface area contributed by atoms with Gasteiger partial charge in [-0.2, -0.15) is 4.91 Å². The largest absolute Gasteiger partial charge is 0.394 e. The lowest BCUT2D eigenvalue weighted by Crippen LogP contribution is -2.48. The van der Waals surface area contributed by atoms with Crippen LogP contribution in [0.15, 0.2) is 17.3 Å². The molecule has 2 N–H and O–H groups in total. The van der Waals surface area contributed by atoms with Crippen LogP contribution in [0.1, 0.15) is 13.8 Å². The van der Waals surface area contributed by atoms with Crippen LogP contribution in [0.5, 0.6) is 0 Å². The maximum absolute atomic E-state index is 10.0. The zero-order chi connectivity index (χ0) is 9.61. The van der Waals surface area contributed by atoms with Crippen LogP contribution >= 0.6 is 0 Å². The Morgan fingerprint density at radius 2 is 2.33 bits per heavy atom. The standard InChI is InChI=1S/C8H16N2O2/c1-7(2)4-9-8(3,6-11)5-10-12/h9,11H,1,4-6H2,2-3H3. The van der Waals surface area contributed by atoms with E-state index in [-0.39, 0.29) is 13.2 Å². The average molecular weight is 172 g/mol. The van der Waals surface area contributed by atoms with Crippen molar-refractivity contribution in [1.29, 1.82) is 0 Å². The number of aliphatic hydroxyl groups excluding tert-OH is 1. The van der Waals surface area contributed by atoms with E-state index in [1.54, 1.807) is 6.92 Å². The van der Waals surface area contributed by atoms with Gasteiger partial charge in [-0.25, -0.2) is 0 Å². The Kier molecular flexibility index (Phi) is 4.70. The van der Waals surface area contributed by atoms with Gasteiger partial charge in [0.1, 0.15) is 6.54 Å². The van der Waals surface area contributed by atoms with Gasteiger partial charge in [0.05, 0.1) is 12.1 Å². The van der Waals surface area contributed by atoms with E-state index in [2.05, 4.69) is 17.1 Å². The number of nitroso groups, excluding NO2 is 1. The van der Waals surface area contributed by atoms with Crippen molar-refractivity contribution < 1.29 is 5.11 Å². The zero-order valence-corrected chi connectivity index (χ0v) is 7.63. The van der Waals surface area contributed by atoms with E-state index in [0.29, 0.717) is 6.54 Å². The molecule has 0 aliphatic heterocycles. The molecule has 0 aliphatic carbocycles. The summed E-state index contributed by atoms with van der Waals surface area (Å²) >= 11 is 0. The molecule has 0 saturated carbocycles. The van der Waals surface area contributed by atoms with E-state index in [0.717, 1.165) is 5.57 Å². The van der Waals surface area contributed by atoms with Crippen LogP contribution in [0.3, 0.4) is 0 Å². The lowest BCUT2D eigenvalue weighted by atomic mass is 10.0. The Bertz CT molecular complexity index is 170. The van der Waals surface area contributed by atoms with E-state index in [9.17, 15) is 4.91 Å². The predicted molar refractivity (Wildman–Crippen MR) is 49.0 cm³/mol. The summed E-state index contributed by atoms with van der Waals surface area (Å²) in [5.74, 6) is 0. The quantitative estimate of drug-likeness (QED) is 0.457. The molecule has 0 fully saturated rings. The number of nitrogens with one attached hydrogen (secondary N) is 1. The maximum atomic E-state index is 10.0. The lowest BCUT2D eigenvalue weighted by molar-refractivity contribution is 0.183. The molecule has 1 atom stereocenters. The Balaban J connectivity index is 3.94. The van der Waals surface area contributed by atoms with E-state index in [1.165, 1.54) is 0 Å². The van der Waals surface area contributed by atoms with Gasteiger partial charge in [-0.1, -0.05) is 17.3 Å². The molecule has 4 heteroatoms. The third kappa shape index (κ3) is 4.20. The fourth-order valence-electron chi connectivity index (χ4n) is 0.669. The smallest absolute Gasteiger partial charge is 0.101 e. The Hall–Kier alpha value is -0.740. The number of hydrogen-bond donors (Lipinski definition) is 2. The molecule has 0 aromatic rings. The molecule has 70 valence electrons. The highest BCUT2D eigenvalue weighted by atomic mass is 16.3. The van der Waals surface area contributed by atoms with Crippen molar-refractivity contribution in [3.05, 3.63) is 17.1 Å². The molecular formula is C8H16N2O2. The van der Waals surface area contributed by atoms with Gasteiger partial charge in [0, 0.05) is 6.54 Å². The van der Waals surface area contributed by atoms with Gasteiger partial charge in [0.2, 0.25) is 0 Å². The van der Waals surface area contributed by atoms with Crippen molar-refractivity contribution in [2.24, 2.45) is 5.18 Å². The minimum Gasteiger partial charge on any atom is -0.394 e. The van der Waals surface area contributed by atoms with Crippen LogP contribution < -0.4 is 5.32 Å². The average Bonchev–Trinajstić information content (AvgIpc) is 2.02. The molecule has 0 aromatic carbocycles. The molecule has 0 rings (SSSR count). The van der Waals surface area contributed by atoms with Crippen LogP contribution in [-0.2, 0) is 0 Å². The second-order valence-corrected chi connectivity index (χ2v) is 3.32. The van der Waals surface area contributed by atoms with Gasteiger partial charge >= 0.3 is 0 Å². The summed E-state index contributed by atoms with van der Waals surface area (Å²) in [5, 5.41) is 14.7. The van der Waals surface area contributed by atoms with Crippen molar-refractivity contribution in [3.63, 3.8) is 0 Å². The summed E-state index contributed by atoms with van der Waals surface area (Å²) in [4.78, 5) is 10.0. The van der Waals surface area contributed by atoms with Crippen LogP contribution in [0.2, 0.25) is 0 Å². The fourth-order valence-corrected chi connectivity index (χ4v) is 0.669. The molecule has 12 heavy (non-hydrogen) atoms. The minimum absolute atomic E-state index is 0.0662. The summed E-state index contributed by atoms with van der Waals surface area (Å²) in [6.45, 7) is 7.87. The SMILES string of the molecule is C=C(C)CNC(C)(CO)CN=O. The maximum Gasteiger partial charge on any atom is 0.101 e. The van der Waals surface area contributed by atoms with Gasteiger partial charge in [0.15, 0.2) is 0 Å². The monoisotopic (exact) mass is 172 g/mol. The first-order chi connectivity index (χ1) is 5.54. The first kappa shape index (κ1) is 11.3. The molecule has 0 amide bonds. The first-order valence-corrected chi connectivity index (χ1v) is 3.83. The number of aliphatic hydroxyl groups is 1. The minimum atomic E-state index is -0.610. The Morgan fingerprint density at radius 1 is 1.75 bits per heavy atom. The van der Waals surface area contributed by atoms with Crippen LogP contribution in [0.25, 0.3) is 0 Å². The van der Waals surface area contributed by atoms with Gasteiger partial charge in [0.25, 0.3) is 0 Å². The van der Waals surface area contributed by atoms with Crippen molar-refractivity contribution in [3.8, 4) is 0 Å². The number of hydrogen-bond acceptors (Lipinski definition) is 4. The number of nitrogens with zero attached hydrogens (tertiary/aromatic N) is 1. The van der Waals surface area contributed by atoms with E-state index >= 15 is 0 Å². The van der Waals surface area contributed by atoms with Crippen LogP contribution in [-0.4, -0.2) is 30.3 Å². The Labute approximate surface area is 72.6 Å². The number of rotatable bonds is 6. The van der Waals surface area contributed by atoms with Gasteiger partial charge in [-0.3, -0.25) is 0 Å². The molecule has 0 heterocycles. The summed E-state index contributed by atoms with van der Waals surface area (Å²) in [6, 6.07) is 0. The molecule has 0 aromatic heterocycles. The zero-order valence-electron chi connectivity index (χ0n) is 7.63. The molecular weight excluding hydrogens is 156 g/mol. The van der Waals surface area contributed by atoms with Crippen molar-refractivity contribution in [2.75, 3.05) is 19.7 Å². The highest BCUT2D eigenvalue weighted by molar-refractivity contribution is 4.95. The molecule has 0 aliphatic rings. The first-order valence-electron chi connectivity index (χ1n) is 3.83. The van der Waals surface area contributed by atoms with Crippen molar-refractivity contribution >= 4 is 0 Å². The molecule has 0 spiro atoms. The Morgan fingerprint density at radius 3 is 2.67 bits per heavy atom. The summed E-state index contributed by atoms with van der Waals surface area (Å²) in [7, 11) is 0. The van der Waals surface area contributed by atoms with Gasteiger partial charge in [-0.05, 0) is 13.8 Å². The van der Waals surface area contributed by atoms with Crippen LogP contribution in [0, 0.1) is 4.91 Å². The van der Waals surface area contributed by atoms with Gasteiger partial charge in [-0.15, -0.1) is 0 Å². The summed E-state index contributed by atoms with van der Waals surface area (Å²) < 4.78 is 0. The topological polar surface area (TPSA) is 61.7 Å². The van der Waals surface area contributed by atoms with E-state index in [4.69, 9.17) is 5.11 Å². The fraction of sp³-hybridized carbons (Fsp3) is 0.750. The molecule has 0 saturated heterocycles. The molecule has 0 bridgehead atoms. The summed E-state index contributed by atoms with van der Waals surface area (Å²) in [6.07, 6.45) is 0. The lowest BCUT2D eigenvalue weighted by Gasteiger charge is -2.25. The highest BCUT2D eigenvalue weighted by Gasteiger charge is 2.22. The molecule has 0 radical (unpaired) electrons. The third-order valence-corrected chi connectivity index (χ3v) is 1.58. The predicted octanol–water partition coefficient (Wildman–Crippen LogP) is 0.669. The van der Waals surface area contributed by atoms with Crippen molar-refractivity contribution in [2.45, 2.75) is 19.4 Å². The van der Waals surface area contributed by atoms with Gasteiger partial charge < -0.3 is 10.4 Å². The third-order valence-electron chi connectivity index (χ3n) is 1.58. The summed E-state index contributed by atoms with van der Waals surface area (Å²) in [5.41, 5.74) is 0.348. The van der Waals surface area contributed by atoms with E-state index < -0.39 is 5.54 Å². The molecule has 4 nitrogen and oxygen atoms in total. The normalized spacial score (nSPS) is 15.2. The second-order valence-electron chi connectivity index (χ2n) is 3.32. The highest BCUT2D eigenvalue weighted by Crippen LogP contribution is 2.03. The second kappa shape index (κ2) is 5.00. The van der Waals surface area contributed by atoms with Crippen molar-refractivity contribution in [1.82, 2.24) is 5.32 Å². The molecule has 1 unspecified atom stereocenters. The van der Waals surface area contributed by atoms with E-state index in [1.807, 2.05) is 6.92 Å².